The van der Waals surface area contributed by atoms with Gasteiger partial charge in [0.15, 0.2) is 11.5 Å². The van der Waals surface area contributed by atoms with Crippen LogP contribution in [0.5, 0.6) is 5.75 Å². The van der Waals surface area contributed by atoms with E-state index in [1.54, 1.807) is 0 Å². The number of fused-ring (bicyclic) bond motifs is 1. The van der Waals surface area contributed by atoms with E-state index in [0.717, 1.165) is 42.0 Å². The molecule has 2 heterocycles. The Hall–Kier alpha value is -1.59. The molecule has 2 aromatic rings. The van der Waals surface area contributed by atoms with E-state index >= 15 is 0 Å². The van der Waals surface area contributed by atoms with Crippen molar-refractivity contribution in [2.45, 2.75) is 20.3 Å². The second kappa shape index (κ2) is 6.67. The van der Waals surface area contributed by atoms with Crippen LogP contribution >= 0.6 is 0 Å². The van der Waals surface area contributed by atoms with E-state index in [1.807, 2.05) is 26.0 Å². The smallest absolute Gasteiger partial charge is 0.192 e. The quantitative estimate of drug-likeness (QED) is 0.794. The highest BCUT2D eigenvalue weighted by molar-refractivity contribution is 5.78. The molecule has 0 saturated carbocycles. The number of aryl methyl sites for hydroxylation is 2. The van der Waals surface area contributed by atoms with Gasteiger partial charge in [0.25, 0.3) is 0 Å². The molecule has 0 N–H and O–H groups in total. The van der Waals surface area contributed by atoms with Gasteiger partial charge in [0.2, 0.25) is 0 Å². The van der Waals surface area contributed by atoms with Crippen molar-refractivity contribution < 1.29 is 9.15 Å². The summed E-state index contributed by atoms with van der Waals surface area (Å²) in [4.78, 5) is 9.28. The molecule has 0 aliphatic carbocycles. The number of hydrogen-bond acceptors (Lipinski definition) is 5. The predicted octanol–water partition coefficient (Wildman–Crippen LogP) is 2.46. The average molecular weight is 303 g/mol. The molecule has 1 aliphatic heterocycles. The molecule has 5 heteroatoms. The summed E-state index contributed by atoms with van der Waals surface area (Å²) in [5.41, 5.74) is 2.84. The van der Waals surface area contributed by atoms with E-state index in [1.165, 1.54) is 26.2 Å². The van der Waals surface area contributed by atoms with Gasteiger partial charge < -0.3 is 19.0 Å². The van der Waals surface area contributed by atoms with Gasteiger partial charge in [0.1, 0.15) is 11.3 Å². The van der Waals surface area contributed by atoms with Crippen LogP contribution in [0.1, 0.15) is 17.9 Å². The zero-order valence-corrected chi connectivity index (χ0v) is 13.8. The van der Waals surface area contributed by atoms with Crippen molar-refractivity contribution in [3.05, 3.63) is 23.6 Å². The molecule has 1 fully saturated rings. The monoisotopic (exact) mass is 303 g/mol. The number of likely N-dealkylation sites (N-methyl/N-ethyl adjacent to an activating group) is 1. The maximum atomic E-state index is 5.89. The number of hydrogen-bond donors (Lipinski definition) is 0. The summed E-state index contributed by atoms with van der Waals surface area (Å²) >= 11 is 0. The largest absolute Gasteiger partial charge is 0.493 e. The second-order valence-electron chi connectivity index (χ2n) is 6.17. The molecule has 1 aromatic carbocycles. The normalized spacial score (nSPS) is 17.2. The third-order valence-corrected chi connectivity index (χ3v) is 4.25. The van der Waals surface area contributed by atoms with Gasteiger partial charge >= 0.3 is 0 Å². The summed E-state index contributed by atoms with van der Waals surface area (Å²) in [5, 5.41) is 0. The minimum absolute atomic E-state index is 0.699. The van der Waals surface area contributed by atoms with Gasteiger partial charge in [-0.1, -0.05) is 0 Å². The lowest BCUT2D eigenvalue weighted by Crippen LogP contribution is -2.44. The first-order valence-electron chi connectivity index (χ1n) is 8.03. The summed E-state index contributed by atoms with van der Waals surface area (Å²) in [6.07, 6.45) is 1.05. The first-order chi connectivity index (χ1) is 10.6. The van der Waals surface area contributed by atoms with E-state index in [2.05, 4.69) is 21.8 Å². The van der Waals surface area contributed by atoms with Crippen molar-refractivity contribution in [2.75, 3.05) is 46.4 Å². The van der Waals surface area contributed by atoms with Crippen LogP contribution in [0.3, 0.4) is 0 Å². The fraction of sp³-hybridized carbons (Fsp3) is 0.588. The van der Waals surface area contributed by atoms with Crippen molar-refractivity contribution in [1.29, 1.82) is 0 Å². The van der Waals surface area contributed by atoms with Crippen LogP contribution in [0, 0.1) is 13.8 Å². The average Bonchev–Trinajstić information content (AvgIpc) is 2.86. The Bertz CT molecular complexity index is 630. The first kappa shape index (κ1) is 15.3. The van der Waals surface area contributed by atoms with Crippen molar-refractivity contribution in [1.82, 2.24) is 14.8 Å². The second-order valence-corrected chi connectivity index (χ2v) is 6.17. The van der Waals surface area contributed by atoms with Crippen LogP contribution in [0.2, 0.25) is 0 Å². The molecule has 0 unspecified atom stereocenters. The van der Waals surface area contributed by atoms with Crippen molar-refractivity contribution in [3.8, 4) is 5.75 Å². The summed E-state index contributed by atoms with van der Waals surface area (Å²) in [6.45, 7) is 10.4. The Morgan fingerprint density at radius 1 is 1.18 bits per heavy atom. The van der Waals surface area contributed by atoms with Crippen LogP contribution in [-0.4, -0.2) is 61.2 Å². The number of benzene rings is 1. The van der Waals surface area contributed by atoms with E-state index in [4.69, 9.17) is 9.15 Å². The number of aromatic nitrogens is 1. The highest BCUT2D eigenvalue weighted by Gasteiger charge is 2.13. The fourth-order valence-corrected chi connectivity index (χ4v) is 2.91. The molecule has 0 radical (unpaired) electrons. The molecule has 22 heavy (non-hydrogen) atoms. The zero-order chi connectivity index (χ0) is 15.5. The Morgan fingerprint density at radius 2 is 1.95 bits per heavy atom. The lowest BCUT2D eigenvalue weighted by Gasteiger charge is -2.32. The molecule has 1 aromatic heterocycles. The Labute approximate surface area is 131 Å². The van der Waals surface area contributed by atoms with Crippen LogP contribution in [0.15, 0.2) is 16.5 Å². The minimum atomic E-state index is 0.699. The minimum Gasteiger partial charge on any atom is -0.493 e. The van der Waals surface area contributed by atoms with Gasteiger partial charge in [-0.05, 0) is 32.0 Å². The van der Waals surface area contributed by atoms with Gasteiger partial charge in [-0.25, -0.2) is 4.98 Å². The molecule has 1 saturated heterocycles. The van der Waals surface area contributed by atoms with E-state index in [0.29, 0.717) is 5.89 Å². The van der Waals surface area contributed by atoms with E-state index < -0.39 is 0 Å². The van der Waals surface area contributed by atoms with Gasteiger partial charge in [0, 0.05) is 45.7 Å². The van der Waals surface area contributed by atoms with Crippen LogP contribution < -0.4 is 4.74 Å². The van der Waals surface area contributed by atoms with Crippen molar-refractivity contribution >= 4 is 11.1 Å². The van der Waals surface area contributed by atoms with Crippen molar-refractivity contribution in [3.63, 3.8) is 0 Å². The summed E-state index contributed by atoms with van der Waals surface area (Å²) in [5.74, 6) is 1.57. The molecular weight excluding hydrogens is 278 g/mol. The Balaban J connectivity index is 1.49. The van der Waals surface area contributed by atoms with Crippen molar-refractivity contribution in [2.24, 2.45) is 0 Å². The molecule has 5 nitrogen and oxygen atoms in total. The molecule has 120 valence electrons. The SMILES string of the molecule is Cc1nc2c(C)cc(OCCCN3CCN(C)CC3)cc2o1. The Morgan fingerprint density at radius 3 is 2.73 bits per heavy atom. The zero-order valence-electron chi connectivity index (χ0n) is 13.8. The van der Waals surface area contributed by atoms with Crippen LogP contribution in [-0.2, 0) is 0 Å². The number of ether oxygens (including phenoxy) is 1. The number of oxazole rings is 1. The molecule has 1 aliphatic rings. The van der Waals surface area contributed by atoms with E-state index in [-0.39, 0.29) is 0 Å². The lowest BCUT2D eigenvalue weighted by molar-refractivity contribution is 0.145. The summed E-state index contributed by atoms with van der Waals surface area (Å²) in [7, 11) is 2.18. The number of piperazine rings is 1. The fourth-order valence-electron chi connectivity index (χ4n) is 2.91. The molecule has 0 bridgehead atoms. The summed E-state index contributed by atoms with van der Waals surface area (Å²) < 4.78 is 11.5. The molecule has 0 spiro atoms. The summed E-state index contributed by atoms with van der Waals surface area (Å²) in [6, 6.07) is 3.98. The van der Waals surface area contributed by atoms with Crippen LogP contribution in [0.4, 0.5) is 0 Å². The molecule has 3 rings (SSSR count). The van der Waals surface area contributed by atoms with E-state index in [9.17, 15) is 0 Å². The van der Waals surface area contributed by atoms with Gasteiger partial charge in [0.05, 0.1) is 6.61 Å². The third kappa shape index (κ3) is 3.59. The van der Waals surface area contributed by atoms with Gasteiger partial charge in [-0.2, -0.15) is 0 Å². The predicted molar refractivity (Wildman–Crippen MR) is 87.5 cm³/mol. The number of nitrogens with zero attached hydrogens (tertiary/aromatic N) is 3. The number of rotatable bonds is 5. The molecule has 0 amide bonds. The first-order valence-corrected chi connectivity index (χ1v) is 8.03. The maximum Gasteiger partial charge on any atom is 0.192 e. The highest BCUT2D eigenvalue weighted by Crippen LogP contribution is 2.25. The standard InChI is InChI=1S/C17H25N3O2/c1-13-11-15(12-16-17(13)18-14(2)22-16)21-10-4-5-20-8-6-19(3)7-9-20/h11-12H,4-10H2,1-3H3. The molecular formula is C17H25N3O2. The highest BCUT2D eigenvalue weighted by atomic mass is 16.5. The van der Waals surface area contributed by atoms with Gasteiger partial charge in [-0.15, -0.1) is 0 Å². The van der Waals surface area contributed by atoms with Crippen LogP contribution in [0.25, 0.3) is 11.1 Å². The van der Waals surface area contributed by atoms with Gasteiger partial charge in [-0.3, -0.25) is 0 Å². The lowest BCUT2D eigenvalue weighted by atomic mass is 10.2. The Kier molecular flexibility index (Phi) is 4.64. The maximum absolute atomic E-state index is 5.89. The topological polar surface area (TPSA) is 41.7 Å². The third-order valence-electron chi connectivity index (χ3n) is 4.25. The molecule has 0 atom stereocenters.